The molecule has 0 unspecified atom stereocenters. The lowest BCUT2D eigenvalue weighted by atomic mass is 10.1. The van der Waals surface area contributed by atoms with Crippen LogP contribution in [0.15, 0.2) is 72.0 Å². The number of carbonyl (C=O) groups is 1. The van der Waals surface area contributed by atoms with Crippen molar-refractivity contribution in [1.29, 1.82) is 0 Å². The zero-order valence-corrected chi connectivity index (χ0v) is 15.3. The molecule has 0 aliphatic rings. The minimum atomic E-state index is -4.70. The van der Waals surface area contributed by atoms with Crippen LogP contribution in [0.4, 0.5) is 18.9 Å². The molecule has 2 aromatic carbocycles. The lowest BCUT2D eigenvalue weighted by molar-refractivity contribution is -0.137. The molecule has 2 aromatic heterocycles. The highest BCUT2D eigenvalue weighted by atomic mass is 19.4. The SMILES string of the molecule is O=C(Cn1cnc2ccccc2c1=O)Nc1ccc(-n2cccn2)cc1C(F)(F)F. The van der Waals surface area contributed by atoms with Crippen LogP contribution in [0.3, 0.4) is 0 Å². The zero-order chi connectivity index (χ0) is 21.3. The summed E-state index contributed by atoms with van der Waals surface area (Å²) < 4.78 is 42.9. The second-order valence-corrected chi connectivity index (χ2v) is 6.42. The first kappa shape index (κ1) is 19.4. The number of hydrogen-bond acceptors (Lipinski definition) is 4. The molecule has 2 heterocycles. The molecule has 0 bridgehead atoms. The highest BCUT2D eigenvalue weighted by Gasteiger charge is 2.34. The highest BCUT2D eigenvalue weighted by Crippen LogP contribution is 2.36. The molecule has 0 saturated carbocycles. The molecule has 30 heavy (non-hydrogen) atoms. The van der Waals surface area contributed by atoms with Crippen LogP contribution in [0.1, 0.15) is 5.56 Å². The average molecular weight is 413 g/mol. The fourth-order valence-corrected chi connectivity index (χ4v) is 3.00. The van der Waals surface area contributed by atoms with E-state index in [0.717, 1.165) is 16.7 Å². The molecule has 0 aliphatic carbocycles. The third-order valence-corrected chi connectivity index (χ3v) is 4.40. The molecule has 0 aliphatic heterocycles. The number of fused-ring (bicyclic) bond motifs is 1. The van der Waals surface area contributed by atoms with Crippen molar-refractivity contribution in [1.82, 2.24) is 19.3 Å². The lowest BCUT2D eigenvalue weighted by Crippen LogP contribution is -2.28. The molecular formula is C20H14F3N5O2. The van der Waals surface area contributed by atoms with Crippen molar-refractivity contribution >= 4 is 22.5 Å². The topological polar surface area (TPSA) is 81.8 Å². The fraction of sp³-hybridized carbons (Fsp3) is 0.100. The molecule has 0 atom stereocenters. The molecule has 152 valence electrons. The second kappa shape index (κ2) is 7.47. The monoisotopic (exact) mass is 413 g/mol. The van der Waals surface area contributed by atoms with E-state index in [1.165, 1.54) is 29.5 Å². The molecular weight excluding hydrogens is 399 g/mol. The van der Waals surface area contributed by atoms with Gasteiger partial charge in [0.25, 0.3) is 5.56 Å². The Hall–Kier alpha value is -3.95. The van der Waals surface area contributed by atoms with Crippen molar-refractivity contribution in [2.75, 3.05) is 5.32 Å². The minimum Gasteiger partial charge on any atom is -0.324 e. The van der Waals surface area contributed by atoms with Gasteiger partial charge in [-0.2, -0.15) is 18.3 Å². The fourth-order valence-electron chi connectivity index (χ4n) is 3.00. The Kier molecular flexibility index (Phi) is 4.82. The zero-order valence-electron chi connectivity index (χ0n) is 15.3. The summed E-state index contributed by atoms with van der Waals surface area (Å²) in [6.45, 7) is -0.477. The summed E-state index contributed by atoms with van der Waals surface area (Å²) in [7, 11) is 0. The van der Waals surface area contributed by atoms with Gasteiger partial charge in [0.1, 0.15) is 6.54 Å². The van der Waals surface area contributed by atoms with Gasteiger partial charge >= 0.3 is 6.18 Å². The van der Waals surface area contributed by atoms with Crippen LogP contribution in [0.2, 0.25) is 0 Å². The Morgan fingerprint density at radius 3 is 2.63 bits per heavy atom. The molecule has 7 nitrogen and oxygen atoms in total. The molecule has 0 fully saturated rings. The largest absolute Gasteiger partial charge is 0.418 e. The van der Waals surface area contributed by atoms with Crippen LogP contribution >= 0.6 is 0 Å². The summed E-state index contributed by atoms with van der Waals surface area (Å²) in [4.78, 5) is 28.9. The van der Waals surface area contributed by atoms with E-state index in [2.05, 4.69) is 15.4 Å². The molecule has 4 rings (SSSR count). The number of halogens is 3. The van der Waals surface area contributed by atoms with Gasteiger partial charge in [-0.25, -0.2) is 9.67 Å². The Bertz CT molecular complexity index is 1280. The maximum absolute atomic E-state index is 13.5. The number of carbonyl (C=O) groups excluding carboxylic acids is 1. The quantitative estimate of drug-likeness (QED) is 0.557. The van der Waals surface area contributed by atoms with Gasteiger partial charge in [-0.05, 0) is 36.4 Å². The van der Waals surface area contributed by atoms with Crippen molar-refractivity contribution in [3.05, 3.63) is 83.2 Å². The molecule has 0 radical (unpaired) electrons. The van der Waals surface area contributed by atoms with Crippen molar-refractivity contribution in [2.24, 2.45) is 0 Å². The van der Waals surface area contributed by atoms with E-state index < -0.39 is 35.4 Å². The van der Waals surface area contributed by atoms with Crippen molar-refractivity contribution in [3.8, 4) is 5.69 Å². The number of nitrogens with zero attached hydrogens (tertiary/aromatic N) is 4. The number of anilines is 1. The summed E-state index contributed by atoms with van der Waals surface area (Å²) in [6, 6.07) is 11.6. The molecule has 10 heteroatoms. The molecule has 1 amide bonds. The van der Waals surface area contributed by atoms with Crippen LogP contribution in [0, 0.1) is 0 Å². The number of amides is 1. The molecule has 0 spiro atoms. The summed E-state index contributed by atoms with van der Waals surface area (Å²) in [5, 5.41) is 6.46. The third kappa shape index (κ3) is 3.79. The minimum absolute atomic E-state index is 0.195. The van der Waals surface area contributed by atoms with E-state index in [1.807, 2.05) is 0 Å². The second-order valence-electron chi connectivity index (χ2n) is 6.42. The van der Waals surface area contributed by atoms with E-state index in [4.69, 9.17) is 0 Å². The van der Waals surface area contributed by atoms with Gasteiger partial charge in [0.15, 0.2) is 0 Å². The lowest BCUT2D eigenvalue weighted by Gasteiger charge is -2.16. The van der Waals surface area contributed by atoms with Crippen LogP contribution in [-0.4, -0.2) is 25.2 Å². The molecule has 0 saturated heterocycles. The van der Waals surface area contributed by atoms with E-state index in [1.54, 1.807) is 30.3 Å². The number of hydrogen-bond donors (Lipinski definition) is 1. The first-order valence-electron chi connectivity index (χ1n) is 8.78. The summed E-state index contributed by atoms with van der Waals surface area (Å²) in [6.07, 6.45) is -0.561. The molecule has 4 aromatic rings. The van der Waals surface area contributed by atoms with E-state index in [0.29, 0.717) is 10.9 Å². The van der Waals surface area contributed by atoms with E-state index in [-0.39, 0.29) is 5.69 Å². The van der Waals surface area contributed by atoms with Crippen molar-refractivity contribution in [3.63, 3.8) is 0 Å². The number of rotatable bonds is 4. The van der Waals surface area contributed by atoms with E-state index >= 15 is 0 Å². The Balaban J connectivity index is 1.62. The van der Waals surface area contributed by atoms with Gasteiger partial charge in [-0.3, -0.25) is 14.2 Å². The number of benzene rings is 2. The smallest absolute Gasteiger partial charge is 0.324 e. The third-order valence-electron chi connectivity index (χ3n) is 4.40. The number of para-hydroxylation sites is 1. The van der Waals surface area contributed by atoms with Gasteiger partial charge in [0, 0.05) is 12.4 Å². The van der Waals surface area contributed by atoms with Crippen LogP contribution in [-0.2, 0) is 17.5 Å². The predicted octanol–water partition coefficient (Wildman–Crippen LogP) is 3.24. The average Bonchev–Trinajstić information content (AvgIpc) is 3.25. The van der Waals surface area contributed by atoms with Gasteiger partial charge in [0.2, 0.25) is 5.91 Å². The first-order chi connectivity index (χ1) is 14.3. The number of aromatic nitrogens is 4. The maximum atomic E-state index is 13.5. The Morgan fingerprint density at radius 2 is 1.90 bits per heavy atom. The predicted molar refractivity (Wildman–Crippen MR) is 103 cm³/mol. The van der Waals surface area contributed by atoms with Gasteiger partial charge in [-0.1, -0.05) is 12.1 Å². The number of alkyl halides is 3. The van der Waals surface area contributed by atoms with Crippen LogP contribution in [0.25, 0.3) is 16.6 Å². The van der Waals surface area contributed by atoms with Gasteiger partial charge < -0.3 is 5.32 Å². The standard InChI is InChI=1S/C20H14F3N5O2/c21-20(22,23)15-10-13(28-9-3-8-25-28)6-7-17(15)26-18(29)11-27-12-24-16-5-2-1-4-14(16)19(27)30/h1-10,12H,11H2,(H,26,29). The number of nitrogens with one attached hydrogen (secondary N) is 1. The summed E-state index contributed by atoms with van der Waals surface area (Å²) in [5.74, 6) is -0.786. The summed E-state index contributed by atoms with van der Waals surface area (Å²) >= 11 is 0. The van der Waals surface area contributed by atoms with Crippen molar-refractivity contribution in [2.45, 2.75) is 12.7 Å². The normalized spacial score (nSPS) is 11.6. The van der Waals surface area contributed by atoms with Crippen LogP contribution in [0.5, 0.6) is 0 Å². The Labute approximate surface area is 167 Å². The van der Waals surface area contributed by atoms with Crippen LogP contribution < -0.4 is 10.9 Å². The van der Waals surface area contributed by atoms with E-state index in [9.17, 15) is 22.8 Å². The van der Waals surface area contributed by atoms with Crippen molar-refractivity contribution < 1.29 is 18.0 Å². The van der Waals surface area contributed by atoms with Gasteiger partial charge in [-0.15, -0.1) is 0 Å². The Morgan fingerprint density at radius 1 is 1.10 bits per heavy atom. The van der Waals surface area contributed by atoms with Gasteiger partial charge in [0.05, 0.1) is 34.2 Å². The first-order valence-corrected chi connectivity index (χ1v) is 8.78. The summed E-state index contributed by atoms with van der Waals surface area (Å²) in [5.41, 5.74) is -1.23. The highest BCUT2D eigenvalue weighted by molar-refractivity contribution is 5.92. The molecule has 1 N–H and O–H groups in total. The maximum Gasteiger partial charge on any atom is 0.418 e.